The van der Waals surface area contributed by atoms with E-state index in [9.17, 15) is 8.42 Å². The highest BCUT2D eigenvalue weighted by Gasteiger charge is 2.17. The zero-order valence-corrected chi connectivity index (χ0v) is 17.1. The lowest BCUT2D eigenvalue weighted by Gasteiger charge is -2.17. The molecule has 0 unspecified atom stereocenters. The van der Waals surface area contributed by atoms with Gasteiger partial charge >= 0.3 is 0 Å². The molecule has 10 heteroatoms. The summed E-state index contributed by atoms with van der Waals surface area (Å²) in [7, 11) is -3.70. The van der Waals surface area contributed by atoms with Crippen molar-refractivity contribution in [1.82, 2.24) is 14.7 Å². The number of hydrogen-bond donors (Lipinski definition) is 1. The van der Waals surface area contributed by atoms with Gasteiger partial charge in [0.2, 0.25) is 15.9 Å². The Balaban J connectivity index is 1.57. The Bertz CT molecular complexity index is 918. The third-order valence-corrected chi connectivity index (χ3v) is 6.27. The van der Waals surface area contributed by atoms with Crippen LogP contribution in [-0.4, -0.2) is 44.6 Å². The molecule has 0 bridgehead atoms. The lowest BCUT2D eigenvalue weighted by molar-refractivity contribution is 0.309. The van der Waals surface area contributed by atoms with Crippen LogP contribution in [0.25, 0.3) is 0 Å². The van der Waals surface area contributed by atoms with E-state index in [2.05, 4.69) is 19.6 Å². The molecule has 0 amide bonds. The predicted molar refractivity (Wildman–Crippen MR) is 105 cm³/mol. The number of halogens is 2. The Kier molecular flexibility index (Phi) is 6.41. The SMILES string of the molecule is Cc1nc(OCCNS(=O)(=O)c2ccc(Cl)c(Cl)c2)cc(N2CCCC2)n1. The predicted octanol–water partition coefficient (Wildman–Crippen LogP) is 3.05. The van der Waals surface area contributed by atoms with Crippen molar-refractivity contribution in [2.75, 3.05) is 31.1 Å². The minimum absolute atomic E-state index is 0.0473. The summed E-state index contributed by atoms with van der Waals surface area (Å²) >= 11 is 11.7. The summed E-state index contributed by atoms with van der Waals surface area (Å²) < 4.78 is 32.7. The molecule has 0 aliphatic carbocycles. The standard InChI is InChI=1S/C17H20Cl2N4O3S/c1-12-21-16(23-7-2-3-8-23)11-17(22-12)26-9-6-20-27(24,25)13-4-5-14(18)15(19)10-13/h4-5,10-11,20H,2-3,6-9H2,1H3. The van der Waals surface area contributed by atoms with Crippen molar-refractivity contribution in [1.29, 1.82) is 0 Å². The number of aryl methyl sites for hydroxylation is 1. The second-order valence-electron chi connectivity index (χ2n) is 6.13. The van der Waals surface area contributed by atoms with Crippen molar-refractivity contribution in [2.45, 2.75) is 24.7 Å². The average molecular weight is 431 g/mol. The lowest BCUT2D eigenvalue weighted by Crippen LogP contribution is -2.28. The number of sulfonamides is 1. The molecule has 27 heavy (non-hydrogen) atoms. The van der Waals surface area contributed by atoms with Gasteiger partial charge in [-0.05, 0) is 38.0 Å². The summed E-state index contributed by atoms with van der Waals surface area (Å²) in [6.07, 6.45) is 2.30. The van der Waals surface area contributed by atoms with Gasteiger partial charge in [-0.15, -0.1) is 0 Å². The van der Waals surface area contributed by atoms with Gasteiger partial charge in [0.15, 0.2) is 0 Å². The third-order valence-electron chi connectivity index (χ3n) is 4.08. The van der Waals surface area contributed by atoms with Crippen LogP contribution in [-0.2, 0) is 10.0 Å². The van der Waals surface area contributed by atoms with Gasteiger partial charge in [0.05, 0.1) is 14.9 Å². The van der Waals surface area contributed by atoms with Crippen molar-refractivity contribution < 1.29 is 13.2 Å². The Hall–Kier alpha value is -1.61. The molecular weight excluding hydrogens is 411 g/mol. The van der Waals surface area contributed by atoms with Gasteiger partial charge in [-0.1, -0.05) is 23.2 Å². The number of anilines is 1. The number of rotatable bonds is 7. The topological polar surface area (TPSA) is 84.4 Å². The first-order chi connectivity index (χ1) is 12.8. The summed E-state index contributed by atoms with van der Waals surface area (Å²) in [5, 5.41) is 0.480. The molecule has 0 saturated carbocycles. The summed E-state index contributed by atoms with van der Waals surface area (Å²) in [5.74, 6) is 1.88. The molecule has 1 N–H and O–H groups in total. The number of benzene rings is 1. The van der Waals surface area contributed by atoms with E-state index in [1.807, 2.05) is 0 Å². The van der Waals surface area contributed by atoms with E-state index in [0.29, 0.717) is 16.7 Å². The van der Waals surface area contributed by atoms with Crippen LogP contribution in [0.5, 0.6) is 5.88 Å². The van der Waals surface area contributed by atoms with Gasteiger partial charge in [-0.2, -0.15) is 4.98 Å². The van der Waals surface area contributed by atoms with E-state index in [4.69, 9.17) is 27.9 Å². The normalized spacial score (nSPS) is 14.6. The van der Waals surface area contributed by atoms with Crippen molar-refractivity contribution >= 4 is 39.0 Å². The molecule has 1 saturated heterocycles. The number of ether oxygens (including phenoxy) is 1. The molecule has 2 aromatic rings. The fourth-order valence-corrected chi connectivity index (χ4v) is 4.17. The maximum Gasteiger partial charge on any atom is 0.240 e. The van der Waals surface area contributed by atoms with Crippen LogP contribution in [0, 0.1) is 6.92 Å². The summed E-state index contributed by atoms with van der Waals surface area (Å²) in [5.41, 5.74) is 0. The fourth-order valence-electron chi connectivity index (χ4n) is 2.77. The molecule has 7 nitrogen and oxygen atoms in total. The minimum atomic E-state index is -3.70. The smallest absolute Gasteiger partial charge is 0.240 e. The van der Waals surface area contributed by atoms with E-state index < -0.39 is 10.0 Å². The van der Waals surface area contributed by atoms with E-state index >= 15 is 0 Å². The van der Waals surface area contributed by atoms with Crippen molar-refractivity contribution in [3.05, 3.63) is 40.1 Å². The van der Waals surface area contributed by atoms with Crippen LogP contribution in [0.15, 0.2) is 29.2 Å². The molecule has 0 radical (unpaired) electrons. The summed E-state index contributed by atoms with van der Waals surface area (Å²) in [6.45, 7) is 3.97. The highest BCUT2D eigenvalue weighted by molar-refractivity contribution is 7.89. The van der Waals surface area contributed by atoms with Gasteiger partial charge in [-0.25, -0.2) is 18.1 Å². The van der Waals surface area contributed by atoms with Gasteiger partial charge in [0.25, 0.3) is 0 Å². The third kappa shape index (κ3) is 5.22. The van der Waals surface area contributed by atoms with Gasteiger partial charge in [0.1, 0.15) is 18.2 Å². The molecule has 1 fully saturated rings. The van der Waals surface area contributed by atoms with E-state index in [1.165, 1.54) is 18.2 Å². The zero-order valence-electron chi connectivity index (χ0n) is 14.8. The molecular formula is C17H20Cl2N4O3S. The van der Waals surface area contributed by atoms with Crippen LogP contribution >= 0.6 is 23.2 Å². The zero-order chi connectivity index (χ0) is 19.4. The van der Waals surface area contributed by atoms with Gasteiger partial charge < -0.3 is 9.64 Å². The highest BCUT2D eigenvalue weighted by Crippen LogP contribution is 2.25. The molecule has 1 aromatic carbocycles. The van der Waals surface area contributed by atoms with E-state index in [0.717, 1.165) is 31.7 Å². The summed E-state index contributed by atoms with van der Waals surface area (Å²) in [6, 6.07) is 5.93. The number of nitrogens with zero attached hydrogens (tertiary/aromatic N) is 3. The van der Waals surface area contributed by atoms with Gasteiger partial charge in [0, 0.05) is 25.7 Å². The maximum atomic E-state index is 12.3. The molecule has 1 aromatic heterocycles. The highest BCUT2D eigenvalue weighted by atomic mass is 35.5. The first-order valence-electron chi connectivity index (χ1n) is 8.53. The monoisotopic (exact) mass is 430 g/mol. The van der Waals surface area contributed by atoms with Crippen molar-refractivity contribution in [3.8, 4) is 5.88 Å². The van der Waals surface area contributed by atoms with Crippen LogP contribution < -0.4 is 14.4 Å². The van der Waals surface area contributed by atoms with E-state index in [1.54, 1.807) is 13.0 Å². The van der Waals surface area contributed by atoms with E-state index in [-0.39, 0.29) is 23.1 Å². The first-order valence-corrected chi connectivity index (χ1v) is 10.8. The molecule has 1 aliphatic heterocycles. The Morgan fingerprint density at radius 3 is 2.59 bits per heavy atom. The fraction of sp³-hybridized carbons (Fsp3) is 0.412. The number of nitrogens with one attached hydrogen (secondary N) is 1. The quantitative estimate of drug-likeness (QED) is 0.679. The van der Waals surface area contributed by atoms with Gasteiger partial charge in [-0.3, -0.25) is 0 Å². The van der Waals surface area contributed by atoms with Crippen molar-refractivity contribution in [2.24, 2.45) is 0 Å². The molecule has 146 valence electrons. The number of aromatic nitrogens is 2. The average Bonchev–Trinajstić information content (AvgIpc) is 3.15. The molecule has 0 atom stereocenters. The second-order valence-corrected chi connectivity index (χ2v) is 8.71. The van der Waals surface area contributed by atoms with Crippen LogP contribution in [0.4, 0.5) is 5.82 Å². The first kappa shape index (κ1) is 20.1. The lowest BCUT2D eigenvalue weighted by atomic mass is 10.4. The molecule has 1 aliphatic rings. The Labute approximate surface area is 168 Å². The second kappa shape index (κ2) is 8.60. The molecule has 2 heterocycles. The largest absolute Gasteiger partial charge is 0.476 e. The summed E-state index contributed by atoms with van der Waals surface area (Å²) in [4.78, 5) is 10.9. The number of hydrogen-bond acceptors (Lipinski definition) is 6. The Morgan fingerprint density at radius 2 is 1.89 bits per heavy atom. The van der Waals surface area contributed by atoms with Crippen LogP contribution in [0.3, 0.4) is 0 Å². The minimum Gasteiger partial charge on any atom is -0.476 e. The Morgan fingerprint density at radius 1 is 1.15 bits per heavy atom. The molecule has 3 rings (SSSR count). The molecule has 0 spiro atoms. The van der Waals surface area contributed by atoms with Crippen molar-refractivity contribution in [3.63, 3.8) is 0 Å². The van der Waals surface area contributed by atoms with Crippen LogP contribution in [0.2, 0.25) is 10.0 Å². The van der Waals surface area contributed by atoms with Crippen LogP contribution in [0.1, 0.15) is 18.7 Å². The maximum absolute atomic E-state index is 12.3.